The van der Waals surface area contributed by atoms with E-state index in [1.54, 1.807) is 14.2 Å². The van der Waals surface area contributed by atoms with Gasteiger partial charge in [0, 0.05) is 7.11 Å². The van der Waals surface area contributed by atoms with Crippen LogP contribution in [0.1, 0.15) is 0 Å². The second-order valence-corrected chi connectivity index (χ2v) is 3.10. The van der Waals surface area contributed by atoms with Crippen molar-refractivity contribution >= 4 is 0 Å². The Balaban J connectivity index is 2.21. The number of ether oxygens (including phenoxy) is 4. The Morgan fingerprint density at radius 1 is 0.875 bits per heavy atom. The first-order valence-corrected chi connectivity index (χ1v) is 5.21. The van der Waals surface area contributed by atoms with E-state index in [0.29, 0.717) is 26.4 Å². The second kappa shape index (κ2) is 7.96. The van der Waals surface area contributed by atoms with E-state index in [0.717, 1.165) is 11.5 Å². The molecule has 0 saturated carbocycles. The van der Waals surface area contributed by atoms with Gasteiger partial charge in [0.25, 0.3) is 0 Å². The molecule has 1 rings (SSSR count). The van der Waals surface area contributed by atoms with E-state index >= 15 is 0 Å². The van der Waals surface area contributed by atoms with Crippen molar-refractivity contribution in [2.75, 3.05) is 40.6 Å². The number of benzene rings is 1. The molecule has 0 amide bonds. The van der Waals surface area contributed by atoms with Gasteiger partial charge in [0.15, 0.2) is 11.5 Å². The van der Waals surface area contributed by atoms with Gasteiger partial charge in [-0.25, -0.2) is 0 Å². The second-order valence-electron chi connectivity index (χ2n) is 3.10. The summed E-state index contributed by atoms with van der Waals surface area (Å²) < 4.78 is 20.8. The molecule has 0 aliphatic rings. The number of rotatable bonds is 8. The average molecular weight is 226 g/mol. The van der Waals surface area contributed by atoms with Crippen molar-refractivity contribution in [3.05, 3.63) is 24.3 Å². The highest BCUT2D eigenvalue weighted by Gasteiger charge is 2.01. The maximum absolute atomic E-state index is 5.52. The lowest BCUT2D eigenvalue weighted by molar-refractivity contribution is 0.0540. The van der Waals surface area contributed by atoms with Crippen LogP contribution in [-0.4, -0.2) is 40.6 Å². The Morgan fingerprint density at radius 3 is 2.25 bits per heavy atom. The third kappa shape index (κ3) is 4.51. The summed E-state index contributed by atoms with van der Waals surface area (Å²) in [4.78, 5) is 0. The highest BCUT2D eigenvalue weighted by molar-refractivity contribution is 5.39. The summed E-state index contributed by atoms with van der Waals surface area (Å²) in [6.07, 6.45) is 0. The van der Waals surface area contributed by atoms with Crippen molar-refractivity contribution < 1.29 is 18.9 Å². The largest absolute Gasteiger partial charge is 0.493 e. The maximum Gasteiger partial charge on any atom is 0.161 e. The van der Waals surface area contributed by atoms with Crippen molar-refractivity contribution in [2.24, 2.45) is 0 Å². The summed E-state index contributed by atoms with van der Waals surface area (Å²) >= 11 is 0. The van der Waals surface area contributed by atoms with Crippen LogP contribution in [0.25, 0.3) is 0 Å². The van der Waals surface area contributed by atoms with E-state index < -0.39 is 0 Å². The zero-order valence-corrected chi connectivity index (χ0v) is 9.77. The Morgan fingerprint density at radius 2 is 1.56 bits per heavy atom. The Labute approximate surface area is 96.1 Å². The summed E-state index contributed by atoms with van der Waals surface area (Å²) in [6.45, 7) is 2.24. The van der Waals surface area contributed by atoms with Crippen LogP contribution in [-0.2, 0) is 9.47 Å². The molecule has 0 aliphatic carbocycles. The van der Waals surface area contributed by atoms with Crippen molar-refractivity contribution in [1.29, 1.82) is 0 Å². The van der Waals surface area contributed by atoms with E-state index in [4.69, 9.17) is 18.9 Å². The van der Waals surface area contributed by atoms with Crippen LogP contribution in [0.15, 0.2) is 24.3 Å². The summed E-state index contributed by atoms with van der Waals surface area (Å²) in [5, 5.41) is 0. The van der Waals surface area contributed by atoms with Gasteiger partial charge in [-0.2, -0.15) is 0 Å². The van der Waals surface area contributed by atoms with Gasteiger partial charge in [-0.1, -0.05) is 12.1 Å². The average Bonchev–Trinajstić information content (AvgIpc) is 2.34. The molecule has 0 unspecified atom stereocenters. The normalized spacial score (nSPS) is 10.1. The van der Waals surface area contributed by atoms with Crippen molar-refractivity contribution in [3.8, 4) is 11.5 Å². The van der Waals surface area contributed by atoms with Crippen LogP contribution in [0.5, 0.6) is 11.5 Å². The zero-order valence-electron chi connectivity index (χ0n) is 9.77. The molecule has 0 spiro atoms. The Bertz CT molecular complexity index is 288. The van der Waals surface area contributed by atoms with E-state index in [-0.39, 0.29) is 0 Å². The number of methoxy groups -OCH3 is 2. The van der Waals surface area contributed by atoms with E-state index in [2.05, 4.69) is 0 Å². The maximum atomic E-state index is 5.52. The van der Waals surface area contributed by atoms with E-state index in [9.17, 15) is 0 Å². The quantitative estimate of drug-likeness (QED) is 0.633. The molecule has 0 aliphatic heterocycles. The standard InChI is InChI=1S/C12H18O4/c1-13-7-8-15-9-10-16-12-6-4-3-5-11(12)14-2/h3-6H,7-10H2,1-2H3. The molecule has 0 saturated heterocycles. The van der Waals surface area contributed by atoms with Gasteiger partial charge in [-0.05, 0) is 12.1 Å². The topological polar surface area (TPSA) is 36.9 Å². The lowest BCUT2D eigenvalue weighted by atomic mass is 10.3. The molecule has 0 bridgehead atoms. The first-order valence-electron chi connectivity index (χ1n) is 5.21. The molecule has 16 heavy (non-hydrogen) atoms. The molecule has 4 nitrogen and oxygen atoms in total. The minimum absolute atomic E-state index is 0.504. The SMILES string of the molecule is COCCOCCOc1ccccc1OC. The van der Waals surface area contributed by atoms with Gasteiger partial charge in [0.1, 0.15) is 6.61 Å². The molecular formula is C12H18O4. The van der Waals surface area contributed by atoms with E-state index in [1.165, 1.54) is 0 Å². The highest BCUT2D eigenvalue weighted by Crippen LogP contribution is 2.25. The third-order valence-electron chi connectivity index (χ3n) is 1.99. The van der Waals surface area contributed by atoms with E-state index in [1.807, 2.05) is 24.3 Å². The van der Waals surface area contributed by atoms with Crippen LogP contribution >= 0.6 is 0 Å². The molecular weight excluding hydrogens is 208 g/mol. The molecule has 0 radical (unpaired) electrons. The van der Waals surface area contributed by atoms with Crippen LogP contribution in [0.4, 0.5) is 0 Å². The molecule has 0 heterocycles. The molecule has 1 aromatic carbocycles. The van der Waals surface area contributed by atoms with Crippen LogP contribution in [0, 0.1) is 0 Å². The van der Waals surface area contributed by atoms with Gasteiger partial charge in [0.2, 0.25) is 0 Å². The smallest absolute Gasteiger partial charge is 0.161 e. The number of para-hydroxylation sites is 2. The van der Waals surface area contributed by atoms with Gasteiger partial charge in [-0.3, -0.25) is 0 Å². The fraction of sp³-hybridized carbons (Fsp3) is 0.500. The summed E-state index contributed by atoms with van der Waals surface area (Å²) in [5.41, 5.74) is 0. The summed E-state index contributed by atoms with van der Waals surface area (Å²) in [6, 6.07) is 7.54. The van der Waals surface area contributed by atoms with Gasteiger partial charge >= 0.3 is 0 Å². The number of hydrogen-bond acceptors (Lipinski definition) is 4. The monoisotopic (exact) mass is 226 g/mol. The predicted molar refractivity (Wildman–Crippen MR) is 61.2 cm³/mol. The zero-order chi connectivity index (χ0) is 11.6. The summed E-state index contributed by atoms with van der Waals surface area (Å²) in [7, 11) is 3.27. The molecule has 90 valence electrons. The third-order valence-corrected chi connectivity index (χ3v) is 1.99. The van der Waals surface area contributed by atoms with Crippen LogP contribution in [0.3, 0.4) is 0 Å². The molecule has 0 N–H and O–H groups in total. The highest BCUT2D eigenvalue weighted by atomic mass is 16.5. The minimum Gasteiger partial charge on any atom is -0.493 e. The first-order chi connectivity index (χ1) is 7.88. The molecule has 0 aromatic heterocycles. The van der Waals surface area contributed by atoms with Crippen LogP contribution < -0.4 is 9.47 Å². The van der Waals surface area contributed by atoms with Crippen molar-refractivity contribution in [3.63, 3.8) is 0 Å². The van der Waals surface area contributed by atoms with Gasteiger partial charge < -0.3 is 18.9 Å². The lowest BCUT2D eigenvalue weighted by Gasteiger charge is -2.10. The van der Waals surface area contributed by atoms with Gasteiger partial charge in [-0.15, -0.1) is 0 Å². The van der Waals surface area contributed by atoms with Crippen LogP contribution in [0.2, 0.25) is 0 Å². The predicted octanol–water partition coefficient (Wildman–Crippen LogP) is 1.74. The molecule has 0 atom stereocenters. The number of hydrogen-bond donors (Lipinski definition) is 0. The van der Waals surface area contributed by atoms with Gasteiger partial charge in [0.05, 0.1) is 26.9 Å². The molecule has 4 heteroatoms. The lowest BCUT2D eigenvalue weighted by Crippen LogP contribution is -2.10. The molecule has 0 fully saturated rings. The molecule has 1 aromatic rings. The Hall–Kier alpha value is -1.26. The fourth-order valence-electron chi connectivity index (χ4n) is 1.19. The van der Waals surface area contributed by atoms with Crippen molar-refractivity contribution in [1.82, 2.24) is 0 Å². The summed E-state index contributed by atoms with van der Waals surface area (Å²) in [5.74, 6) is 1.47. The van der Waals surface area contributed by atoms with Crippen molar-refractivity contribution in [2.45, 2.75) is 0 Å². The minimum atomic E-state index is 0.504. The first kappa shape index (κ1) is 12.8. The fourth-order valence-corrected chi connectivity index (χ4v) is 1.19. The Kier molecular flexibility index (Phi) is 6.37.